The Kier molecular flexibility index (Phi) is 5.92. The van der Waals surface area contributed by atoms with E-state index >= 15 is 0 Å². The molecule has 1 aromatic carbocycles. The number of rotatable bonds is 6. The summed E-state index contributed by atoms with van der Waals surface area (Å²) in [6.45, 7) is 2.43. The van der Waals surface area contributed by atoms with Gasteiger partial charge in [-0.3, -0.25) is 9.97 Å². The highest BCUT2D eigenvalue weighted by atomic mass is 16.5. The topological polar surface area (TPSA) is 111 Å². The number of hydrogen-bond donors (Lipinski definition) is 1. The first-order valence-electron chi connectivity index (χ1n) is 9.80. The Morgan fingerprint density at radius 3 is 2.55 bits per heavy atom. The summed E-state index contributed by atoms with van der Waals surface area (Å²) in [6, 6.07) is 16.7. The first-order chi connectivity index (χ1) is 15.2. The largest absolute Gasteiger partial charge is 0.456 e. The van der Waals surface area contributed by atoms with Crippen LogP contribution >= 0.6 is 0 Å². The van der Waals surface area contributed by atoms with Crippen LogP contribution in [0.4, 0.5) is 0 Å². The maximum Gasteiger partial charge on any atom is 0.162 e. The highest BCUT2D eigenvalue weighted by Gasteiger charge is 2.13. The molecule has 0 unspecified atom stereocenters. The van der Waals surface area contributed by atoms with Gasteiger partial charge < -0.3 is 10.5 Å². The van der Waals surface area contributed by atoms with E-state index in [1.807, 2.05) is 37.3 Å². The van der Waals surface area contributed by atoms with Crippen molar-refractivity contribution in [3.63, 3.8) is 0 Å². The van der Waals surface area contributed by atoms with Crippen molar-refractivity contribution in [1.82, 2.24) is 19.9 Å². The minimum atomic E-state index is 0.481. The lowest BCUT2D eigenvalue weighted by molar-refractivity contribution is 0.483. The van der Waals surface area contributed by atoms with Gasteiger partial charge in [0.25, 0.3) is 0 Å². The molecule has 0 bridgehead atoms. The summed E-state index contributed by atoms with van der Waals surface area (Å²) in [5, 5.41) is 9.36. The van der Waals surface area contributed by atoms with Crippen molar-refractivity contribution >= 4 is 0 Å². The molecule has 3 heterocycles. The van der Waals surface area contributed by atoms with Crippen LogP contribution in [-0.4, -0.2) is 26.5 Å². The van der Waals surface area contributed by atoms with Crippen LogP contribution in [0.2, 0.25) is 0 Å². The van der Waals surface area contributed by atoms with Crippen molar-refractivity contribution < 1.29 is 4.74 Å². The Morgan fingerprint density at radius 2 is 1.84 bits per heavy atom. The van der Waals surface area contributed by atoms with E-state index in [1.165, 1.54) is 0 Å². The molecule has 152 valence electrons. The molecule has 7 heteroatoms. The SMILES string of the molecule is Cc1cc(Oc2cc(C#N)ccc2-c2ncc(CCN)cn2)cc(-c2ccccn2)n1. The van der Waals surface area contributed by atoms with E-state index in [0.717, 1.165) is 17.0 Å². The number of pyridine rings is 2. The van der Waals surface area contributed by atoms with Crippen LogP contribution in [0.15, 0.2) is 67.1 Å². The quantitative estimate of drug-likeness (QED) is 0.512. The summed E-state index contributed by atoms with van der Waals surface area (Å²) in [6.07, 6.45) is 5.95. The van der Waals surface area contributed by atoms with Crippen LogP contribution in [-0.2, 0) is 6.42 Å². The lowest BCUT2D eigenvalue weighted by Crippen LogP contribution is -2.04. The Morgan fingerprint density at radius 1 is 1.00 bits per heavy atom. The van der Waals surface area contributed by atoms with Gasteiger partial charge in [-0.15, -0.1) is 0 Å². The number of nitrogens with zero attached hydrogens (tertiary/aromatic N) is 5. The summed E-state index contributed by atoms with van der Waals surface area (Å²) >= 11 is 0. The predicted molar refractivity (Wildman–Crippen MR) is 117 cm³/mol. The molecule has 0 saturated carbocycles. The molecule has 0 saturated heterocycles. The second kappa shape index (κ2) is 9.11. The van der Waals surface area contributed by atoms with E-state index in [1.54, 1.807) is 36.8 Å². The lowest BCUT2D eigenvalue weighted by atomic mass is 10.1. The molecule has 0 amide bonds. The highest BCUT2D eigenvalue weighted by molar-refractivity contribution is 5.67. The number of ether oxygens (including phenoxy) is 1. The zero-order valence-electron chi connectivity index (χ0n) is 17.0. The van der Waals surface area contributed by atoms with E-state index in [9.17, 15) is 5.26 Å². The second-order valence-electron chi connectivity index (χ2n) is 6.92. The van der Waals surface area contributed by atoms with Gasteiger partial charge in [-0.25, -0.2) is 9.97 Å². The van der Waals surface area contributed by atoms with Gasteiger partial charge in [0.05, 0.1) is 28.6 Å². The van der Waals surface area contributed by atoms with Crippen molar-refractivity contribution in [2.75, 3.05) is 6.54 Å². The Labute approximate surface area is 180 Å². The van der Waals surface area contributed by atoms with Crippen LogP contribution in [0.1, 0.15) is 16.8 Å². The minimum Gasteiger partial charge on any atom is -0.456 e. The van der Waals surface area contributed by atoms with Crippen LogP contribution in [0.5, 0.6) is 11.5 Å². The molecule has 2 N–H and O–H groups in total. The Bertz CT molecular complexity index is 1230. The summed E-state index contributed by atoms with van der Waals surface area (Å²) in [7, 11) is 0. The van der Waals surface area contributed by atoms with Crippen LogP contribution in [0.3, 0.4) is 0 Å². The van der Waals surface area contributed by atoms with Crippen LogP contribution in [0, 0.1) is 18.3 Å². The molecular formula is C24H20N6O. The average Bonchev–Trinajstić information content (AvgIpc) is 2.80. The average molecular weight is 408 g/mol. The lowest BCUT2D eigenvalue weighted by Gasteiger charge is -2.13. The fraction of sp³-hybridized carbons (Fsp3) is 0.125. The smallest absolute Gasteiger partial charge is 0.162 e. The van der Waals surface area contributed by atoms with Crippen molar-refractivity contribution in [3.05, 3.63) is 83.9 Å². The van der Waals surface area contributed by atoms with Gasteiger partial charge in [0.15, 0.2) is 5.82 Å². The molecule has 0 atom stereocenters. The normalized spacial score (nSPS) is 10.5. The van der Waals surface area contributed by atoms with Crippen molar-refractivity contribution in [2.45, 2.75) is 13.3 Å². The molecule has 0 aliphatic carbocycles. The van der Waals surface area contributed by atoms with Gasteiger partial charge in [0.2, 0.25) is 0 Å². The van der Waals surface area contributed by atoms with E-state index in [2.05, 4.69) is 26.0 Å². The van der Waals surface area contributed by atoms with Gasteiger partial charge in [0.1, 0.15) is 11.5 Å². The van der Waals surface area contributed by atoms with E-state index in [-0.39, 0.29) is 0 Å². The first-order valence-corrected chi connectivity index (χ1v) is 9.80. The zero-order valence-corrected chi connectivity index (χ0v) is 17.0. The second-order valence-corrected chi connectivity index (χ2v) is 6.92. The monoisotopic (exact) mass is 408 g/mol. The van der Waals surface area contributed by atoms with Crippen molar-refractivity contribution in [3.8, 4) is 40.3 Å². The van der Waals surface area contributed by atoms with E-state index < -0.39 is 0 Å². The predicted octanol–water partition coefficient (Wildman–Crippen LogP) is 4.07. The maximum absolute atomic E-state index is 9.36. The van der Waals surface area contributed by atoms with E-state index in [0.29, 0.717) is 47.1 Å². The Balaban J connectivity index is 1.73. The third-order valence-corrected chi connectivity index (χ3v) is 4.57. The molecule has 31 heavy (non-hydrogen) atoms. The standard InChI is InChI=1S/C24H20N6O/c1-16-10-19(12-22(30-16)21-4-2-3-9-27-21)31-23-11-17(13-26)5-6-20(23)24-28-14-18(7-8-25)15-29-24/h2-6,9-12,14-15H,7-8,25H2,1H3. The minimum absolute atomic E-state index is 0.481. The van der Waals surface area contributed by atoms with Gasteiger partial charge >= 0.3 is 0 Å². The third kappa shape index (κ3) is 4.71. The van der Waals surface area contributed by atoms with Gasteiger partial charge in [-0.05, 0) is 55.8 Å². The Hall–Kier alpha value is -4.15. The molecule has 0 aliphatic rings. The molecule has 4 rings (SSSR count). The number of aromatic nitrogens is 4. The number of nitrogens with two attached hydrogens (primary N) is 1. The van der Waals surface area contributed by atoms with Gasteiger partial charge in [0, 0.05) is 36.4 Å². The first kappa shape index (κ1) is 20.1. The van der Waals surface area contributed by atoms with Gasteiger partial charge in [-0.2, -0.15) is 5.26 Å². The molecular weight excluding hydrogens is 388 g/mol. The van der Waals surface area contributed by atoms with E-state index in [4.69, 9.17) is 10.5 Å². The maximum atomic E-state index is 9.36. The number of nitriles is 1. The number of hydrogen-bond acceptors (Lipinski definition) is 7. The zero-order chi connectivity index (χ0) is 21.6. The molecule has 0 fully saturated rings. The van der Waals surface area contributed by atoms with Crippen LogP contribution < -0.4 is 10.5 Å². The fourth-order valence-electron chi connectivity index (χ4n) is 3.12. The van der Waals surface area contributed by atoms with Crippen molar-refractivity contribution in [2.24, 2.45) is 5.73 Å². The molecule has 0 radical (unpaired) electrons. The molecule has 3 aromatic heterocycles. The summed E-state index contributed by atoms with van der Waals surface area (Å²) in [4.78, 5) is 17.8. The highest BCUT2D eigenvalue weighted by Crippen LogP contribution is 2.34. The van der Waals surface area contributed by atoms with Crippen molar-refractivity contribution in [1.29, 1.82) is 5.26 Å². The summed E-state index contributed by atoms with van der Waals surface area (Å²) in [5.74, 6) is 1.59. The fourth-order valence-corrected chi connectivity index (χ4v) is 3.12. The molecule has 7 nitrogen and oxygen atoms in total. The molecule has 0 aliphatic heterocycles. The number of benzene rings is 1. The van der Waals surface area contributed by atoms with Gasteiger partial charge in [-0.1, -0.05) is 6.07 Å². The third-order valence-electron chi connectivity index (χ3n) is 4.57. The van der Waals surface area contributed by atoms with Crippen LogP contribution in [0.25, 0.3) is 22.8 Å². The number of aryl methyl sites for hydroxylation is 1. The molecule has 0 spiro atoms. The molecule has 4 aromatic rings. The summed E-state index contributed by atoms with van der Waals surface area (Å²) < 4.78 is 6.21. The summed E-state index contributed by atoms with van der Waals surface area (Å²) in [5.41, 5.74) is 9.98.